The molecule has 0 aliphatic heterocycles. The lowest BCUT2D eigenvalue weighted by Gasteiger charge is -2.03. The lowest BCUT2D eigenvalue weighted by Crippen LogP contribution is -2.11. The van der Waals surface area contributed by atoms with Gasteiger partial charge >= 0.3 is 0 Å². The van der Waals surface area contributed by atoms with Crippen molar-refractivity contribution in [2.45, 2.75) is 13.0 Å². The van der Waals surface area contributed by atoms with E-state index >= 15 is 0 Å². The van der Waals surface area contributed by atoms with Gasteiger partial charge in [-0.2, -0.15) is 0 Å². The van der Waals surface area contributed by atoms with Crippen LogP contribution >= 0.6 is 12.4 Å². The minimum absolute atomic E-state index is 0. The number of hydrogen-bond donors (Lipinski definition) is 1. The van der Waals surface area contributed by atoms with E-state index in [9.17, 15) is 0 Å². The molecule has 122 valence electrons. The fourth-order valence-electron chi connectivity index (χ4n) is 2.50. The molecular formula is C18H22ClN3O. The summed E-state index contributed by atoms with van der Waals surface area (Å²) >= 11 is 0. The second-order valence-electron chi connectivity index (χ2n) is 5.27. The molecule has 3 rings (SSSR count). The standard InChI is InChI=1S/C18H21N3O.ClH/c1-19-12-7-13-22-18-16-10-5-6-11-17(16)21(20-18)14-15-8-3-2-4-9-15;/h2-6,8-11,19H,7,12-14H2,1H3;1H. The molecule has 3 aromatic rings. The fourth-order valence-corrected chi connectivity index (χ4v) is 2.50. The van der Waals surface area contributed by atoms with Crippen LogP contribution in [0.15, 0.2) is 54.6 Å². The van der Waals surface area contributed by atoms with Crippen molar-refractivity contribution in [1.29, 1.82) is 0 Å². The molecule has 0 fully saturated rings. The van der Waals surface area contributed by atoms with E-state index in [1.54, 1.807) is 0 Å². The predicted molar refractivity (Wildman–Crippen MR) is 96.6 cm³/mol. The van der Waals surface area contributed by atoms with Gasteiger partial charge in [0.2, 0.25) is 5.88 Å². The first-order valence-corrected chi connectivity index (χ1v) is 7.65. The Hall–Kier alpha value is -2.04. The highest BCUT2D eigenvalue weighted by molar-refractivity contribution is 5.85. The molecule has 1 N–H and O–H groups in total. The van der Waals surface area contributed by atoms with Crippen LogP contribution in [0.4, 0.5) is 0 Å². The molecule has 4 nitrogen and oxygen atoms in total. The molecule has 0 amide bonds. The van der Waals surface area contributed by atoms with Crippen LogP contribution < -0.4 is 10.1 Å². The van der Waals surface area contributed by atoms with E-state index in [2.05, 4.69) is 46.8 Å². The number of benzene rings is 2. The Balaban J connectivity index is 0.00000192. The number of nitrogens with one attached hydrogen (secondary N) is 1. The smallest absolute Gasteiger partial charge is 0.240 e. The van der Waals surface area contributed by atoms with Crippen molar-refractivity contribution in [1.82, 2.24) is 15.1 Å². The van der Waals surface area contributed by atoms with E-state index in [1.165, 1.54) is 5.56 Å². The summed E-state index contributed by atoms with van der Waals surface area (Å²) in [5.74, 6) is 0.725. The van der Waals surface area contributed by atoms with Crippen LogP contribution in [0.25, 0.3) is 10.9 Å². The van der Waals surface area contributed by atoms with Gasteiger partial charge in [-0.05, 0) is 37.7 Å². The van der Waals surface area contributed by atoms with Gasteiger partial charge in [0.15, 0.2) is 0 Å². The number of aromatic nitrogens is 2. The van der Waals surface area contributed by atoms with Crippen molar-refractivity contribution in [2.24, 2.45) is 0 Å². The van der Waals surface area contributed by atoms with Crippen molar-refractivity contribution in [3.05, 3.63) is 60.2 Å². The molecule has 0 saturated carbocycles. The Kier molecular flexibility index (Phi) is 6.44. The zero-order valence-corrected chi connectivity index (χ0v) is 14.1. The summed E-state index contributed by atoms with van der Waals surface area (Å²) in [5.41, 5.74) is 2.34. The molecule has 2 aromatic carbocycles. The van der Waals surface area contributed by atoms with Crippen LogP contribution in [0.5, 0.6) is 5.88 Å². The highest BCUT2D eigenvalue weighted by atomic mass is 35.5. The van der Waals surface area contributed by atoms with Crippen LogP contribution in [0.2, 0.25) is 0 Å². The zero-order chi connectivity index (χ0) is 15.2. The number of para-hydroxylation sites is 1. The summed E-state index contributed by atoms with van der Waals surface area (Å²) in [6.07, 6.45) is 0.969. The maximum Gasteiger partial charge on any atom is 0.240 e. The van der Waals surface area contributed by atoms with Crippen LogP contribution in [0, 0.1) is 0 Å². The Morgan fingerprint density at radius 2 is 1.78 bits per heavy atom. The number of fused-ring (bicyclic) bond motifs is 1. The minimum atomic E-state index is 0. The Labute approximate surface area is 142 Å². The molecule has 0 bridgehead atoms. The number of hydrogen-bond acceptors (Lipinski definition) is 3. The molecule has 1 heterocycles. The van der Waals surface area contributed by atoms with Gasteiger partial charge in [0.1, 0.15) is 0 Å². The molecule has 23 heavy (non-hydrogen) atoms. The first kappa shape index (κ1) is 17.3. The molecule has 0 saturated heterocycles. The lowest BCUT2D eigenvalue weighted by atomic mass is 10.2. The molecule has 1 aromatic heterocycles. The van der Waals surface area contributed by atoms with E-state index in [0.29, 0.717) is 6.61 Å². The summed E-state index contributed by atoms with van der Waals surface area (Å²) in [6.45, 7) is 2.37. The maximum absolute atomic E-state index is 5.87. The van der Waals surface area contributed by atoms with Crippen LogP contribution in [0.1, 0.15) is 12.0 Å². The van der Waals surface area contributed by atoms with Gasteiger partial charge in [-0.3, -0.25) is 4.68 Å². The van der Waals surface area contributed by atoms with Gasteiger partial charge in [0.05, 0.1) is 24.1 Å². The van der Waals surface area contributed by atoms with Crippen molar-refractivity contribution >= 4 is 23.3 Å². The molecule has 0 unspecified atom stereocenters. The van der Waals surface area contributed by atoms with Gasteiger partial charge in [0, 0.05) is 0 Å². The Bertz CT molecular complexity index is 727. The SMILES string of the molecule is CNCCCOc1nn(Cc2ccccc2)c2ccccc12.Cl. The summed E-state index contributed by atoms with van der Waals surface area (Å²) in [5, 5.41) is 8.85. The molecule has 0 aliphatic rings. The summed E-state index contributed by atoms with van der Waals surface area (Å²) in [6, 6.07) is 18.6. The highest BCUT2D eigenvalue weighted by Gasteiger charge is 2.11. The first-order valence-electron chi connectivity index (χ1n) is 7.65. The number of halogens is 1. The summed E-state index contributed by atoms with van der Waals surface area (Å²) in [4.78, 5) is 0. The second-order valence-corrected chi connectivity index (χ2v) is 5.27. The number of nitrogens with zero attached hydrogens (tertiary/aromatic N) is 2. The monoisotopic (exact) mass is 331 g/mol. The summed E-state index contributed by atoms with van der Waals surface area (Å²) < 4.78 is 7.88. The van der Waals surface area contributed by atoms with Gasteiger partial charge in [-0.25, -0.2) is 0 Å². The normalized spacial score (nSPS) is 10.5. The van der Waals surface area contributed by atoms with Gasteiger partial charge < -0.3 is 10.1 Å². The number of rotatable bonds is 7. The quantitative estimate of drug-likeness (QED) is 0.673. The maximum atomic E-state index is 5.87. The Morgan fingerprint density at radius 3 is 2.57 bits per heavy atom. The highest BCUT2D eigenvalue weighted by Crippen LogP contribution is 2.25. The van der Waals surface area contributed by atoms with Gasteiger partial charge in [-0.15, -0.1) is 17.5 Å². The first-order chi connectivity index (χ1) is 10.9. The number of ether oxygens (including phenoxy) is 1. The average molecular weight is 332 g/mol. The van der Waals surface area contributed by atoms with Crippen molar-refractivity contribution in [2.75, 3.05) is 20.2 Å². The van der Waals surface area contributed by atoms with Crippen molar-refractivity contribution in [3.8, 4) is 5.88 Å². The van der Waals surface area contributed by atoms with E-state index in [0.717, 1.165) is 36.3 Å². The van der Waals surface area contributed by atoms with E-state index in [1.807, 2.05) is 29.9 Å². The third-order valence-electron chi connectivity index (χ3n) is 3.61. The van der Waals surface area contributed by atoms with E-state index in [-0.39, 0.29) is 12.4 Å². The van der Waals surface area contributed by atoms with Crippen molar-refractivity contribution in [3.63, 3.8) is 0 Å². The Morgan fingerprint density at radius 1 is 1.04 bits per heavy atom. The molecule has 5 heteroatoms. The van der Waals surface area contributed by atoms with E-state index in [4.69, 9.17) is 4.74 Å². The largest absolute Gasteiger partial charge is 0.476 e. The zero-order valence-electron chi connectivity index (χ0n) is 13.2. The van der Waals surface area contributed by atoms with Gasteiger partial charge in [0.25, 0.3) is 0 Å². The van der Waals surface area contributed by atoms with Gasteiger partial charge in [-0.1, -0.05) is 42.5 Å². The average Bonchev–Trinajstić information content (AvgIpc) is 2.91. The second kappa shape index (κ2) is 8.56. The third kappa shape index (κ3) is 4.24. The molecule has 0 spiro atoms. The molecular weight excluding hydrogens is 310 g/mol. The molecule has 0 radical (unpaired) electrons. The molecule has 0 aliphatic carbocycles. The predicted octanol–water partition coefficient (Wildman–Crippen LogP) is 3.49. The third-order valence-corrected chi connectivity index (χ3v) is 3.61. The molecule has 0 atom stereocenters. The van der Waals surface area contributed by atoms with Crippen molar-refractivity contribution < 1.29 is 4.74 Å². The van der Waals surface area contributed by atoms with Crippen LogP contribution in [-0.2, 0) is 6.54 Å². The van der Waals surface area contributed by atoms with E-state index < -0.39 is 0 Å². The minimum Gasteiger partial charge on any atom is -0.476 e. The topological polar surface area (TPSA) is 39.1 Å². The van der Waals surface area contributed by atoms with Crippen LogP contribution in [0.3, 0.4) is 0 Å². The fraction of sp³-hybridized carbons (Fsp3) is 0.278. The summed E-state index contributed by atoms with van der Waals surface area (Å²) in [7, 11) is 1.95. The van der Waals surface area contributed by atoms with Crippen LogP contribution in [-0.4, -0.2) is 30.0 Å². The lowest BCUT2D eigenvalue weighted by molar-refractivity contribution is 0.297.